The van der Waals surface area contributed by atoms with Gasteiger partial charge in [0.05, 0.1) is 18.3 Å². The number of hydrogen-bond acceptors (Lipinski definition) is 4. The number of halogens is 1. The van der Waals surface area contributed by atoms with Crippen molar-refractivity contribution in [2.75, 3.05) is 18.6 Å². The zero-order chi connectivity index (χ0) is 28.0. The summed E-state index contributed by atoms with van der Waals surface area (Å²) in [6.45, 7) is 3.53. The van der Waals surface area contributed by atoms with Crippen molar-refractivity contribution in [3.05, 3.63) is 108 Å². The van der Waals surface area contributed by atoms with E-state index in [-0.39, 0.29) is 23.3 Å². The number of nitrogens with zero attached hydrogens (tertiary/aromatic N) is 4. The van der Waals surface area contributed by atoms with Gasteiger partial charge < -0.3 is 10.2 Å². The molecule has 3 unspecified atom stereocenters. The van der Waals surface area contributed by atoms with E-state index in [2.05, 4.69) is 35.4 Å². The van der Waals surface area contributed by atoms with Crippen LogP contribution in [0.15, 0.2) is 95.9 Å². The Labute approximate surface area is 236 Å². The summed E-state index contributed by atoms with van der Waals surface area (Å²) in [4.78, 5) is 19.2. The van der Waals surface area contributed by atoms with Crippen LogP contribution in [0.25, 0.3) is 0 Å². The van der Waals surface area contributed by atoms with E-state index in [1.165, 1.54) is 17.7 Å². The van der Waals surface area contributed by atoms with Crippen molar-refractivity contribution in [3.8, 4) is 0 Å². The van der Waals surface area contributed by atoms with Crippen LogP contribution in [0.1, 0.15) is 56.2 Å². The normalized spacial score (nSPS) is 21.4. The monoisotopic (exact) mass is 539 g/mol. The molecular weight excluding hydrogens is 501 g/mol. The summed E-state index contributed by atoms with van der Waals surface area (Å²) < 4.78 is 13.5. The van der Waals surface area contributed by atoms with Gasteiger partial charge in [-0.05, 0) is 84.9 Å². The zero-order valence-electron chi connectivity index (χ0n) is 23.3. The van der Waals surface area contributed by atoms with Gasteiger partial charge in [0.2, 0.25) is 0 Å². The van der Waals surface area contributed by atoms with Crippen LogP contribution in [-0.4, -0.2) is 35.7 Å². The van der Waals surface area contributed by atoms with Crippen LogP contribution in [0.5, 0.6) is 0 Å². The lowest BCUT2D eigenvalue weighted by Gasteiger charge is -2.36. The highest BCUT2D eigenvalue weighted by Gasteiger charge is 2.43. The molecule has 5 rings (SSSR count). The second-order valence-electron chi connectivity index (χ2n) is 11.1. The van der Waals surface area contributed by atoms with E-state index in [0.717, 1.165) is 48.9 Å². The number of nitrogens with one attached hydrogen (secondary N) is 1. The Bertz CT molecular complexity index is 1330. The number of carbonyl (C=O) groups is 1. The number of anilines is 1. The predicted molar refractivity (Wildman–Crippen MR) is 158 cm³/mol. The molecule has 2 heterocycles. The van der Waals surface area contributed by atoms with Crippen LogP contribution in [0, 0.1) is 17.2 Å². The number of hydrazone groups is 1. The molecule has 3 atom stereocenters. The minimum atomic E-state index is -0.245. The van der Waals surface area contributed by atoms with E-state index in [9.17, 15) is 9.18 Å². The summed E-state index contributed by atoms with van der Waals surface area (Å²) in [5.74, 6) is 0.170. The van der Waals surface area contributed by atoms with Crippen LogP contribution in [-0.2, 0) is 6.54 Å². The van der Waals surface area contributed by atoms with Gasteiger partial charge in [-0.2, -0.15) is 5.10 Å². The highest BCUT2D eigenvalue weighted by atomic mass is 19.1. The molecule has 1 N–H and O–H groups in total. The van der Waals surface area contributed by atoms with Crippen LogP contribution in [0.3, 0.4) is 0 Å². The third-order valence-corrected chi connectivity index (χ3v) is 8.55. The maximum absolute atomic E-state index is 13.5. The van der Waals surface area contributed by atoms with E-state index in [4.69, 9.17) is 5.10 Å². The number of rotatable bonds is 7. The van der Waals surface area contributed by atoms with Gasteiger partial charge in [-0.3, -0.25) is 9.99 Å². The van der Waals surface area contributed by atoms with Crippen molar-refractivity contribution in [2.45, 2.75) is 51.6 Å². The number of amides is 2. The first-order valence-corrected chi connectivity index (χ1v) is 14.1. The summed E-state index contributed by atoms with van der Waals surface area (Å²) in [6.07, 6.45) is 12.7. The first-order chi connectivity index (χ1) is 19.4. The number of benzene rings is 2. The van der Waals surface area contributed by atoms with E-state index in [1.54, 1.807) is 29.4 Å². The molecule has 40 heavy (non-hydrogen) atoms. The van der Waals surface area contributed by atoms with Gasteiger partial charge in [0, 0.05) is 32.2 Å². The largest absolute Gasteiger partial charge is 0.331 e. The molecule has 7 heteroatoms. The molecule has 1 saturated carbocycles. The number of urea groups is 1. The highest BCUT2D eigenvalue weighted by molar-refractivity contribution is 5.74. The Hall–Kier alpha value is -4.00. The van der Waals surface area contributed by atoms with Gasteiger partial charge in [-0.1, -0.05) is 55.0 Å². The molecule has 208 valence electrons. The standard InChI is InChI=1S/C33H38FN5O/c1-33-18-7-20-36-39(30-15-13-29(34)14-16-30)21-17-27(33)11-12-28(33)22-31(26-9-4-3-5-10-26)37-32(40)38(2)24-25-8-6-19-35-23-25/h3-6,8-10,13-17,19-20,23,28,31H,7,11-12,18,21-22,24H2,1-2H3,(H,37,40). The number of aromatic nitrogens is 1. The fourth-order valence-corrected chi connectivity index (χ4v) is 6.17. The van der Waals surface area contributed by atoms with Gasteiger partial charge in [0.1, 0.15) is 5.82 Å². The molecular formula is C33H38FN5O. The maximum atomic E-state index is 13.5. The summed E-state index contributed by atoms with van der Waals surface area (Å²) in [7, 11) is 1.83. The fraction of sp³-hybridized carbons (Fsp3) is 0.364. The third-order valence-electron chi connectivity index (χ3n) is 8.55. The van der Waals surface area contributed by atoms with E-state index < -0.39 is 0 Å². The first kappa shape index (κ1) is 27.6. The van der Waals surface area contributed by atoms with Crippen LogP contribution in [0.4, 0.5) is 14.9 Å². The molecule has 2 aliphatic rings. The van der Waals surface area contributed by atoms with Crippen molar-refractivity contribution in [1.82, 2.24) is 15.2 Å². The average Bonchev–Trinajstić information content (AvgIpc) is 3.31. The van der Waals surface area contributed by atoms with Gasteiger partial charge in [-0.25, -0.2) is 9.18 Å². The van der Waals surface area contributed by atoms with Gasteiger partial charge >= 0.3 is 6.03 Å². The summed E-state index contributed by atoms with van der Waals surface area (Å²) in [5, 5.41) is 9.99. The molecule has 1 fully saturated rings. The lowest BCUT2D eigenvalue weighted by atomic mass is 9.71. The molecule has 1 aliphatic heterocycles. The quantitative estimate of drug-likeness (QED) is 0.325. The summed E-state index contributed by atoms with van der Waals surface area (Å²) in [6, 6.07) is 20.5. The molecule has 1 aromatic heterocycles. The smallest absolute Gasteiger partial charge is 0.317 e. The van der Waals surface area contributed by atoms with E-state index >= 15 is 0 Å². The van der Waals surface area contributed by atoms with Gasteiger partial charge in [-0.15, -0.1) is 0 Å². The van der Waals surface area contributed by atoms with E-state index in [1.807, 2.05) is 48.6 Å². The van der Waals surface area contributed by atoms with Crippen molar-refractivity contribution < 1.29 is 9.18 Å². The molecule has 0 spiro atoms. The Morgan fingerprint density at radius 1 is 1.15 bits per heavy atom. The first-order valence-electron chi connectivity index (χ1n) is 14.1. The molecule has 0 bridgehead atoms. The SMILES string of the molecule is CN(Cc1cccnc1)C(=O)NC(CC1CCC2=CCN(c3ccc(F)cc3)N=CCCC21C)c1ccccc1. The molecule has 0 radical (unpaired) electrons. The minimum Gasteiger partial charge on any atom is -0.331 e. The van der Waals surface area contributed by atoms with Crippen molar-refractivity contribution >= 4 is 17.9 Å². The lowest BCUT2D eigenvalue weighted by Crippen LogP contribution is -2.40. The van der Waals surface area contributed by atoms with Crippen LogP contribution in [0.2, 0.25) is 0 Å². The summed E-state index contributed by atoms with van der Waals surface area (Å²) in [5.41, 5.74) is 4.48. The van der Waals surface area contributed by atoms with Crippen molar-refractivity contribution in [2.24, 2.45) is 16.4 Å². The maximum Gasteiger partial charge on any atom is 0.317 e. The molecule has 0 saturated heterocycles. The Kier molecular flexibility index (Phi) is 8.58. The molecule has 3 aromatic rings. The number of carbonyl (C=O) groups excluding carboxylic acids is 1. The zero-order valence-corrected chi connectivity index (χ0v) is 23.3. The second kappa shape index (κ2) is 12.5. The van der Waals surface area contributed by atoms with Gasteiger partial charge in [0.15, 0.2) is 0 Å². The van der Waals surface area contributed by atoms with Crippen LogP contribution >= 0.6 is 0 Å². The Balaban J connectivity index is 1.33. The number of pyridine rings is 1. The van der Waals surface area contributed by atoms with Gasteiger partial charge in [0.25, 0.3) is 0 Å². The average molecular weight is 540 g/mol. The topological polar surface area (TPSA) is 60.8 Å². The molecule has 2 aromatic carbocycles. The lowest BCUT2D eigenvalue weighted by molar-refractivity contribution is 0.189. The van der Waals surface area contributed by atoms with Crippen LogP contribution < -0.4 is 10.3 Å². The number of fused-ring (bicyclic) bond motifs is 1. The minimum absolute atomic E-state index is 0.0180. The second-order valence-corrected chi connectivity index (χ2v) is 11.1. The summed E-state index contributed by atoms with van der Waals surface area (Å²) >= 11 is 0. The molecule has 6 nitrogen and oxygen atoms in total. The number of hydrogen-bond donors (Lipinski definition) is 1. The van der Waals surface area contributed by atoms with Crippen molar-refractivity contribution in [3.63, 3.8) is 0 Å². The predicted octanol–water partition coefficient (Wildman–Crippen LogP) is 7.12. The Morgan fingerprint density at radius 2 is 1.95 bits per heavy atom. The molecule has 1 aliphatic carbocycles. The van der Waals surface area contributed by atoms with Crippen molar-refractivity contribution in [1.29, 1.82) is 0 Å². The molecule has 2 amide bonds. The van der Waals surface area contributed by atoms with E-state index in [0.29, 0.717) is 19.0 Å². The number of allylic oxidation sites excluding steroid dienone is 1. The Morgan fingerprint density at radius 3 is 2.70 bits per heavy atom. The highest BCUT2D eigenvalue weighted by Crippen LogP contribution is 2.53. The third kappa shape index (κ3) is 6.41. The fourth-order valence-electron chi connectivity index (χ4n) is 6.17.